The van der Waals surface area contributed by atoms with E-state index in [4.69, 9.17) is 0 Å². The molecule has 1 aliphatic heterocycles. The Balaban J connectivity index is 1.86. The van der Waals surface area contributed by atoms with Crippen LogP contribution < -0.4 is 4.90 Å². The zero-order chi connectivity index (χ0) is 22.4. The zero-order valence-corrected chi connectivity index (χ0v) is 20.6. The average molecular weight is 421 g/mol. The van der Waals surface area contributed by atoms with Gasteiger partial charge < -0.3 is 15.1 Å². The van der Waals surface area contributed by atoms with Crippen molar-refractivity contribution in [3.8, 4) is 11.8 Å². The van der Waals surface area contributed by atoms with Gasteiger partial charge in [0.05, 0.1) is 0 Å². The number of unbranched alkanes of at least 4 members (excludes halogenated alkanes) is 9. The van der Waals surface area contributed by atoms with E-state index in [-0.39, 0.29) is 22.7 Å². The second-order valence-corrected chi connectivity index (χ2v) is 10.7. The summed E-state index contributed by atoms with van der Waals surface area (Å²) < 4.78 is 1.70. The second kappa shape index (κ2) is 10.8. The van der Waals surface area contributed by atoms with Crippen molar-refractivity contribution in [2.24, 2.45) is 11.3 Å². The molecule has 30 heavy (non-hydrogen) atoms. The lowest BCUT2D eigenvalue weighted by Crippen LogP contribution is -2.61. The molecule has 1 aromatic rings. The van der Waals surface area contributed by atoms with E-state index >= 15 is 0 Å². The molecule has 1 saturated heterocycles. The molecule has 1 fully saturated rings. The number of anilines is 1. The summed E-state index contributed by atoms with van der Waals surface area (Å²) in [4.78, 5) is 2.30. The molecule has 174 valence electrons. The van der Waals surface area contributed by atoms with Crippen molar-refractivity contribution in [2.75, 3.05) is 11.4 Å². The van der Waals surface area contributed by atoms with Crippen LogP contribution >= 0.6 is 0 Å². The Kier molecular flexibility index (Phi) is 8.99. The van der Waals surface area contributed by atoms with Crippen LogP contribution in [0.1, 0.15) is 112 Å². The van der Waals surface area contributed by atoms with Crippen LogP contribution in [0.15, 0.2) is 6.07 Å². The van der Waals surface area contributed by atoms with E-state index in [0.29, 0.717) is 12.5 Å². The molecule has 2 rings (SSSR count). The molecule has 1 aromatic heterocycles. The third kappa shape index (κ3) is 5.48. The molecule has 0 saturated carbocycles. The molecule has 0 aromatic carbocycles. The predicted octanol–water partition coefficient (Wildman–Crippen LogP) is 7.47. The molecular weight excluding hydrogens is 372 g/mol. The Morgan fingerprint density at radius 3 is 2.00 bits per heavy atom. The highest BCUT2D eigenvalue weighted by Gasteiger charge is 2.49. The van der Waals surface area contributed by atoms with Crippen molar-refractivity contribution in [1.82, 2.24) is 4.57 Å². The minimum Gasteiger partial charge on any atom is -0.494 e. The van der Waals surface area contributed by atoms with E-state index in [1.165, 1.54) is 51.4 Å². The molecule has 0 spiro atoms. The Morgan fingerprint density at radius 2 is 1.43 bits per heavy atom. The molecule has 2 N–H and O–H groups in total. The highest BCUT2D eigenvalue weighted by atomic mass is 16.3. The predicted molar refractivity (Wildman–Crippen MR) is 129 cm³/mol. The van der Waals surface area contributed by atoms with Gasteiger partial charge in [0.15, 0.2) is 5.88 Å². The van der Waals surface area contributed by atoms with Gasteiger partial charge in [-0.3, -0.25) is 4.57 Å². The number of rotatable bonds is 12. The number of hydrogen-bond acceptors (Lipinski definition) is 3. The van der Waals surface area contributed by atoms with Gasteiger partial charge in [-0.05, 0) is 38.0 Å². The Morgan fingerprint density at radius 1 is 0.900 bits per heavy atom. The van der Waals surface area contributed by atoms with Crippen molar-refractivity contribution in [3.05, 3.63) is 6.07 Å². The van der Waals surface area contributed by atoms with Gasteiger partial charge in [-0.25, -0.2) is 0 Å². The highest BCUT2D eigenvalue weighted by Crippen LogP contribution is 2.51. The van der Waals surface area contributed by atoms with E-state index in [1.807, 2.05) is 0 Å². The van der Waals surface area contributed by atoms with Gasteiger partial charge in [0, 0.05) is 24.7 Å². The summed E-state index contributed by atoms with van der Waals surface area (Å²) in [6, 6.07) is 1.76. The van der Waals surface area contributed by atoms with Crippen LogP contribution in [-0.2, 0) is 6.54 Å². The molecule has 4 nitrogen and oxygen atoms in total. The number of aromatic nitrogens is 1. The van der Waals surface area contributed by atoms with Crippen molar-refractivity contribution >= 4 is 5.69 Å². The third-order valence-corrected chi connectivity index (χ3v) is 8.32. The first-order valence-electron chi connectivity index (χ1n) is 12.5. The fourth-order valence-electron chi connectivity index (χ4n) is 5.02. The quantitative estimate of drug-likeness (QED) is 0.345. The molecule has 1 atom stereocenters. The summed E-state index contributed by atoms with van der Waals surface area (Å²) in [5.74, 6) is 1.03. The fourth-order valence-corrected chi connectivity index (χ4v) is 5.02. The SMILES string of the molecule is CCCCCCCCCCCCn1c(O)cc(N2CCC(C)C(C)(C)C2(C)C)c1O. The number of aromatic hydroxyl groups is 2. The lowest BCUT2D eigenvalue weighted by Gasteiger charge is -2.57. The maximum Gasteiger partial charge on any atom is 0.218 e. The maximum absolute atomic E-state index is 10.9. The fraction of sp³-hybridized carbons (Fsp3) is 0.846. The van der Waals surface area contributed by atoms with E-state index in [2.05, 4.69) is 46.4 Å². The van der Waals surface area contributed by atoms with Crippen LogP contribution in [-0.4, -0.2) is 26.9 Å². The van der Waals surface area contributed by atoms with Gasteiger partial charge >= 0.3 is 0 Å². The van der Waals surface area contributed by atoms with E-state index < -0.39 is 0 Å². The number of hydrogen-bond donors (Lipinski definition) is 2. The normalized spacial score (nSPS) is 20.6. The summed E-state index contributed by atoms with van der Waals surface area (Å²) in [5, 5.41) is 21.4. The van der Waals surface area contributed by atoms with Gasteiger partial charge in [0.2, 0.25) is 5.88 Å². The van der Waals surface area contributed by atoms with Crippen LogP contribution in [0.4, 0.5) is 5.69 Å². The number of piperidine rings is 1. The summed E-state index contributed by atoms with van der Waals surface area (Å²) in [6.07, 6.45) is 13.9. The molecule has 1 aliphatic rings. The number of nitrogens with zero attached hydrogens (tertiary/aromatic N) is 2. The Bertz CT molecular complexity index is 648. The molecule has 0 bridgehead atoms. The lowest BCUT2D eigenvalue weighted by atomic mass is 9.62. The lowest BCUT2D eigenvalue weighted by molar-refractivity contribution is 0.0742. The molecule has 1 unspecified atom stereocenters. The minimum absolute atomic E-state index is 0.0993. The standard InChI is InChI=1S/C26H48N2O2/c1-7-8-9-10-11-12-13-14-15-16-18-27-23(29)20-22(24(27)30)28-19-17-21(2)25(3,4)26(28,5)6/h20-21,29-30H,7-19H2,1-6H3. The topological polar surface area (TPSA) is 48.6 Å². The smallest absolute Gasteiger partial charge is 0.218 e. The first-order valence-corrected chi connectivity index (χ1v) is 12.5. The van der Waals surface area contributed by atoms with Crippen LogP contribution in [0.2, 0.25) is 0 Å². The molecule has 4 heteroatoms. The second-order valence-electron chi connectivity index (χ2n) is 10.7. The minimum atomic E-state index is -0.0993. The first kappa shape index (κ1) is 24.9. The summed E-state index contributed by atoms with van der Waals surface area (Å²) in [5.41, 5.74) is 0.800. The molecule has 0 radical (unpaired) electrons. The monoisotopic (exact) mass is 420 g/mol. The van der Waals surface area contributed by atoms with E-state index in [9.17, 15) is 10.2 Å². The van der Waals surface area contributed by atoms with Crippen LogP contribution in [0.25, 0.3) is 0 Å². The van der Waals surface area contributed by atoms with Gasteiger partial charge in [0.25, 0.3) is 0 Å². The molecule has 0 aliphatic carbocycles. The molecular formula is C26H48N2O2. The molecule has 0 amide bonds. The summed E-state index contributed by atoms with van der Waals surface area (Å²) in [6.45, 7) is 15.3. The largest absolute Gasteiger partial charge is 0.494 e. The first-order chi connectivity index (χ1) is 14.1. The summed E-state index contributed by atoms with van der Waals surface area (Å²) >= 11 is 0. The third-order valence-electron chi connectivity index (χ3n) is 8.32. The van der Waals surface area contributed by atoms with Crippen molar-refractivity contribution in [3.63, 3.8) is 0 Å². The van der Waals surface area contributed by atoms with Gasteiger partial charge in [0.1, 0.15) is 5.69 Å². The van der Waals surface area contributed by atoms with Crippen LogP contribution in [0.3, 0.4) is 0 Å². The highest BCUT2D eigenvalue weighted by molar-refractivity contribution is 5.62. The van der Waals surface area contributed by atoms with E-state index in [0.717, 1.165) is 31.5 Å². The van der Waals surface area contributed by atoms with Crippen molar-refractivity contribution in [2.45, 2.75) is 124 Å². The zero-order valence-electron chi connectivity index (χ0n) is 20.6. The van der Waals surface area contributed by atoms with Crippen molar-refractivity contribution < 1.29 is 10.2 Å². The average Bonchev–Trinajstić information content (AvgIpc) is 2.96. The van der Waals surface area contributed by atoms with E-state index in [1.54, 1.807) is 10.6 Å². The maximum atomic E-state index is 10.9. The van der Waals surface area contributed by atoms with Gasteiger partial charge in [-0.2, -0.15) is 0 Å². The van der Waals surface area contributed by atoms with Crippen LogP contribution in [0.5, 0.6) is 11.8 Å². The van der Waals surface area contributed by atoms with Crippen LogP contribution in [0, 0.1) is 11.3 Å². The van der Waals surface area contributed by atoms with Gasteiger partial charge in [-0.1, -0.05) is 85.5 Å². The Labute approximate surface area is 185 Å². The Hall–Kier alpha value is -1.32. The summed E-state index contributed by atoms with van der Waals surface area (Å²) in [7, 11) is 0. The van der Waals surface area contributed by atoms with Gasteiger partial charge in [-0.15, -0.1) is 0 Å². The van der Waals surface area contributed by atoms with Crippen molar-refractivity contribution in [1.29, 1.82) is 0 Å². The molecule has 2 heterocycles.